The molecule has 6 nitrogen and oxygen atoms in total. The fourth-order valence-corrected chi connectivity index (χ4v) is 4.56. The average Bonchev–Trinajstić information content (AvgIpc) is 3.35. The number of hydrogen-bond donors (Lipinski definition) is 1. The Balaban J connectivity index is 1.34. The van der Waals surface area contributed by atoms with Crippen LogP contribution >= 0.6 is 0 Å². The van der Waals surface area contributed by atoms with Gasteiger partial charge in [0.15, 0.2) is 0 Å². The number of methoxy groups -OCH3 is 1. The lowest BCUT2D eigenvalue weighted by atomic mass is 9.89. The topological polar surface area (TPSA) is 70.1 Å². The number of rotatable bonds is 5. The van der Waals surface area contributed by atoms with E-state index in [-0.39, 0.29) is 24.2 Å². The van der Waals surface area contributed by atoms with Gasteiger partial charge in [-0.25, -0.2) is 0 Å². The first-order chi connectivity index (χ1) is 13.0. The van der Waals surface area contributed by atoms with Gasteiger partial charge >= 0.3 is 0 Å². The highest BCUT2D eigenvalue weighted by Crippen LogP contribution is 2.46. The second kappa shape index (κ2) is 7.15. The van der Waals surface area contributed by atoms with E-state index in [4.69, 9.17) is 4.74 Å². The summed E-state index contributed by atoms with van der Waals surface area (Å²) in [5.41, 5.74) is 0.504. The first-order valence-corrected chi connectivity index (χ1v) is 9.91. The van der Waals surface area contributed by atoms with E-state index < -0.39 is 5.60 Å². The van der Waals surface area contributed by atoms with Crippen LogP contribution in [0.5, 0.6) is 5.75 Å². The molecule has 1 aromatic carbocycles. The molecule has 2 saturated heterocycles. The number of para-hydroxylation sites is 1. The fourth-order valence-electron chi connectivity index (χ4n) is 4.56. The standard InChI is InChI=1S/C21H28N2O4/c1-27-18-5-3-2-4-15(18)13-23-14-16(12-19(23)24)20(25)22-10-6-17(7-11-22)21(26)8-9-21/h2-5,16-17,26H,6-14H2,1H3. The van der Waals surface area contributed by atoms with Crippen molar-refractivity contribution in [3.8, 4) is 5.75 Å². The number of aliphatic hydroxyl groups is 1. The van der Waals surface area contributed by atoms with Gasteiger partial charge < -0.3 is 19.6 Å². The summed E-state index contributed by atoms with van der Waals surface area (Å²) in [5, 5.41) is 10.3. The third kappa shape index (κ3) is 3.68. The average molecular weight is 372 g/mol. The highest BCUT2D eigenvalue weighted by atomic mass is 16.5. The second-order valence-electron chi connectivity index (χ2n) is 8.19. The van der Waals surface area contributed by atoms with Crippen molar-refractivity contribution in [2.45, 2.75) is 44.2 Å². The second-order valence-corrected chi connectivity index (χ2v) is 8.19. The van der Waals surface area contributed by atoms with Gasteiger partial charge in [0, 0.05) is 38.2 Å². The van der Waals surface area contributed by atoms with Crippen molar-refractivity contribution >= 4 is 11.8 Å². The lowest BCUT2D eigenvalue weighted by Gasteiger charge is -2.35. The van der Waals surface area contributed by atoms with E-state index in [1.165, 1.54) is 0 Å². The predicted molar refractivity (Wildman–Crippen MR) is 100 cm³/mol. The van der Waals surface area contributed by atoms with Crippen molar-refractivity contribution in [3.63, 3.8) is 0 Å². The number of carbonyl (C=O) groups is 2. The van der Waals surface area contributed by atoms with Gasteiger partial charge in [-0.05, 0) is 37.7 Å². The first kappa shape index (κ1) is 18.3. The molecule has 3 aliphatic rings. The zero-order valence-electron chi connectivity index (χ0n) is 15.9. The van der Waals surface area contributed by atoms with Crippen molar-refractivity contribution in [2.24, 2.45) is 11.8 Å². The number of piperidine rings is 1. The van der Waals surface area contributed by atoms with Crippen LogP contribution in [-0.4, -0.2) is 59.1 Å². The number of likely N-dealkylation sites (tertiary alicyclic amines) is 2. The van der Waals surface area contributed by atoms with Gasteiger partial charge in [0.1, 0.15) is 5.75 Å². The minimum absolute atomic E-state index is 0.0291. The SMILES string of the molecule is COc1ccccc1CN1CC(C(=O)N2CCC(C3(O)CC3)CC2)CC1=O. The van der Waals surface area contributed by atoms with Gasteiger partial charge in [-0.1, -0.05) is 18.2 Å². The summed E-state index contributed by atoms with van der Waals surface area (Å²) in [6.07, 6.45) is 3.83. The number of ether oxygens (including phenoxy) is 1. The monoisotopic (exact) mass is 372 g/mol. The number of carbonyl (C=O) groups excluding carboxylic acids is 2. The molecule has 146 valence electrons. The molecule has 2 heterocycles. The van der Waals surface area contributed by atoms with Crippen molar-refractivity contribution in [2.75, 3.05) is 26.7 Å². The molecule has 0 aromatic heterocycles. The van der Waals surface area contributed by atoms with E-state index in [2.05, 4.69) is 0 Å². The molecule has 6 heteroatoms. The molecule has 1 unspecified atom stereocenters. The predicted octanol–water partition coefficient (Wildman–Crippen LogP) is 1.81. The molecule has 2 amide bonds. The zero-order chi connectivity index (χ0) is 19.0. The minimum Gasteiger partial charge on any atom is -0.496 e. The van der Waals surface area contributed by atoms with Crippen LogP contribution in [-0.2, 0) is 16.1 Å². The van der Waals surface area contributed by atoms with Crippen LogP contribution in [0.4, 0.5) is 0 Å². The van der Waals surface area contributed by atoms with E-state index in [1.807, 2.05) is 29.2 Å². The van der Waals surface area contributed by atoms with Crippen LogP contribution in [0.3, 0.4) is 0 Å². The lowest BCUT2D eigenvalue weighted by Crippen LogP contribution is -2.44. The zero-order valence-corrected chi connectivity index (χ0v) is 15.9. The van der Waals surface area contributed by atoms with E-state index in [0.717, 1.165) is 37.0 Å². The minimum atomic E-state index is -0.454. The Hall–Kier alpha value is -2.08. The third-order valence-electron chi connectivity index (χ3n) is 6.45. The number of hydrogen-bond acceptors (Lipinski definition) is 4. The molecule has 27 heavy (non-hydrogen) atoms. The van der Waals surface area contributed by atoms with Crippen molar-refractivity contribution in [1.82, 2.24) is 9.80 Å². The Kier molecular flexibility index (Phi) is 4.84. The molecule has 1 saturated carbocycles. The van der Waals surface area contributed by atoms with Crippen LogP contribution in [0, 0.1) is 11.8 Å². The van der Waals surface area contributed by atoms with Crippen LogP contribution in [0.25, 0.3) is 0 Å². The summed E-state index contributed by atoms with van der Waals surface area (Å²) in [6, 6.07) is 7.67. The Bertz CT molecular complexity index is 723. The summed E-state index contributed by atoms with van der Waals surface area (Å²) >= 11 is 0. The van der Waals surface area contributed by atoms with Gasteiger partial charge in [-0.15, -0.1) is 0 Å². The maximum Gasteiger partial charge on any atom is 0.227 e. The molecule has 4 rings (SSSR count). The maximum absolute atomic E-state index is 12.9. The molecule has 0 radical (unpaired) electrons. The van der Waals surface area contributed by atoms with E-state index in [0.29, 0.717) is 32.1 Å². The van der Waals surface area contributed by atoms with E-state index in [9.17, 15) is 14.7 Å². The van der Waals surface area contributed by atoms with Crippen molar-refractivity contribution in [3.05, 3.63) is 29.8 Å². The number of nitrogens with zero attached hydrogens (tertiary/aromatic N) is 2. The number of benzene rings is 1. The summed E-state index contributed by atoms with van der Waals surface area (Å²) < 4.78 is 5.37. The maximum atomic E-state index is 12.9. The van der Waals surface area contributed by atoms with Crippen LogP contribution in [0.15, 0.2) is 24.3 Å². The molecule has 2 aliphatic heterocycles. The fraction of sp³-hybridized carbons (Fsp3) is 0.619. The molecule has 1 atom stereocenters. The largest absolute Gasteiger partial charge is 0.496 e. The Morgan fingerprint density at radius 1 is 1.26 bits per heavy atom. The first-order valence-electron chi connectivity index (χ1n) is 9.91. The Labute approximate surface area is 160 Å². The van der Waals surface area contributed by atoms with Gasteiger partial charge in [0.25, 0.3) is 0 Å². The quantitative estimate of drug-likeness (QED) is 0.856. The smallest absolute Gasteiger partial charge is 0.227 e. The highest BCUT2D eigenvalue weighted by Gasteiger charge is 2.48. The molecule has 1 aromatic rings. The van der Waals surface area contributed by atoms with Gasteiger partial charge in [-0.2, -0.15) is 0 Å². The van der Waals surface area contributed by atoms with Gasteiger partial charge in [-0.3, -0.25) is 9.59 Å². The lowest BCUT2D eigenvalue weighted by molar-refractivity contribution is -0.138. The Morgan fingerprint density at radius 3 is 2.63 bits per heavy atom. The normalized spacial score (nSPS) is 25.0. The molecular formula is C21H28N2O4. The molecular weight excluding hydrogens is 344 g/mol. The molecule has 3 fully saturated rings. The molecule has 0 spiro atoms. The summed E-state index contributed by atoms with van der Waals surface area (Å²) in [4.78, 5) is 29.0. The van der Waals surface area contributed by atoms with Crippen LogP contribution < -0.4 is 4.74 Å². The van der Waals surface area contributed by atoms with Crippen LogP contribution in [0.1, 0.15) is 37.7 Å². The third-order valence-corrected chi connectivity index (χ3v) is 6.45. The van der Waals surface area contributed by atoms with Crippen molar-refractivity contribution in [1.29, 1.82) is 0 Å². The van der Waals surface area contributed by atoms with E-state index in [1.54, 1.807) is 12.0 Å². The molecule has 1 aliphatic carbocycles. The molecule has 0 bridgehead atoms. The summed E-state index contributed by atoms with van der Waals surface area (Å²) in [5.74, 6) is 0.954. The van der Waals surface area contributed by atoms with E-state index >= 15 is 0 Å². The summed E-state index contributed by atoms with van der Waals surface area (Å²) in [7, 11) is 1.62. The Morgan fingerprint density at radius 2 is 1.96 bits per heavy atom. The van der Waals surface area contributed by atoms with Crippen molar-refractivity contribution < 1.29 is 19.4 Å². The molecule has 1 N–H and O–H groups in total. The van der Waals surface area contributed by atoms with Gasteiger partial charge in [0.2, 0.25) is 11.8 Å². The summed E-state index contributed by atoms with van der Waals surface area (Å²) in [6.45, 7) is 2.34. The highest BCUT2D eigenvalue weighted by molar-refractivity contribution is 5.89. The van der Waals surface area contributed by atoms with Gasteiger partial charge in [0.05, 0.1) is 18.6 Å². The number of amides is 2. The van der Waals surface area contributed by atoms with Crippen LogP contribution in [0.2, 0.25) is 0 Å².